The van der Waals surface area contributed by atoms with Gasteiger partial charge < -0.3 is 9.84 Å². The van der Waals surface area contributed by atoms with Crippen molar-refractivity contribution in [2.45, 2.75) is 31.2 Å². The Balaban J connectivity index is 2.46. The molecule has 1 N–H and O–H groups in total. The second-order valence-electron chi connectivity index (χ2n) is 2.58. The van der Waals surface area contributed by atoms with Gasteiger partial charge >= 0.3 is 6.18 Å². The van der Waals surface area contributed by atoms with Gasteiger partial charge in [-0.3, -0.25) is 0 Å². The zero-order valence-electron chi connectivity index (χ0n) is 5.77. The number of aliphatic hydroxyl groups is 1. The van der Waals surface area contributed by atoms with Gasteiger partial charge in [-0.1, -0.05) is 0 Å². The Bertz CT molecular complexity index is 134. The van der Waals surface area contributed by atoms with E-state index in [2.05, 4.69) is 4.74 Å². The highest BCUT2D eigenvalue weighted by molar-refractivity contribution is 4.76. The fraction of sp³-hybridized carbons (Fsp3) is 1.00. The van der Waals surface area contributed by atoms with Crippen molar-refractivity contribution in [1.29, 1.82) is 0 Å². The molecule has 0 bridgehead atoms. The molecule has 0 spiro atoms. The minimum absolute atomic E-state index is 0.00859. The molecular weight excluding hydrogens is 161 g/mol. The Hall–Kier alpha value is -0.290. The third-order valence-electron chi connectivity index (χ3n) is 1.62. The molecule has 0 aromatic heterocycles. The molecule has 0 unspecified atom stereocenters. The summed E-state index contributed by atoms with van der Waals surface area (Å²) in [6.45, 7) is -0.00859. The lowest BCUT2D eigenvalue weighted by molar-refractivity contribution is -0.240. The van der Waals surface area contributed by atoms with Crippen LogP contribution < -0.4 is 0 Å². The van der Waals surface area contributed by atoms with Crippen molar-refractivity contribution < 1.29 is 23.0 Å². The van der Waals surface area contributed by atoms with Gasteiger partial charge in [-0.05, 0) is 6.42 Å². The highest BCUT2D eigenvalue weighted by atomic mass is 19.4. The van der Waals surface area contributed by atoms with E-state index in [0.29, 0.717) is 6.42 Å². The number of hydrogen-bond donors (Lipinski definition) is 1. The van der Waals surface area contributed by atoms with Gasteiger partial charge in [-0.25, -0.2) is 0 Å². The summed E-state index contributed by atoms with van der Waals surface area (Å²) in [5, 5.41) is 8.86. The summed E-state index contributed by atoms with van der Waals surface area (Å²) in [7, 11) is 0. The number of rotatable bonds is 0. The van der Waals surface area contributed by atoms with Crippen LogP contribution in [0.15, 0.2) is 0 Å². The van der Waals surface area contributed by atoms with Crippen LogP contribution in [0.25, 0.3) is 0 Å². The predicted octanol–water partition coefficient (Wildman–Crippen LogP) is 1.09. The van der Waals surface area contributed by atoms with Crippen LogP contribution >= 0.6 is 0 Å². The number of halogens is 3. The average molecular weight is 170 g/mol. The van der Waals surface area contributed by atoms with Gasteiger partial charge in [-0.2, -0.15) is 13.2 Å². The van der Waals surface area contributed by atoms with E-state index in [-0.39, 0.29) is 13.0 Å². The Morgan fingerprint density at radius 2 is 2.00 bits per heavy atom. The summed E-state index contributed by atoms with van der Waals surface area (Å²) < 4.78 is 40.1. The van der Waals surface area contributed by atoms with E-state index < -0.39 is 18.4 Å². The molecule has 2 atom stereocenters. The monoisotopic (exact) mass is 170 g/mol. The Morgan fingerprint density at radius 3 is 2.36 bits per heavy atom. The van der Waals surface area contributed by atoms with Crippen LogP contribution in [0.1, 0.15) is 12.8 Å². The SMILES string of the molecule is O[C@H]1CCO[C@@H](C(F)(F)F)C1. The topological polar surface area (TPSA) is 29.5 Å². The molecule has 0 radical (unpaired) electrons. The first-order chi connectivity index (χ1) is 5.00. The minimum atomic E-state index is -4.33. The van der Waals surface area contributed by atoms with Crippen LogP contribution in [0.3, 0.4) is 0 Å². The first-order valence-electron chi connectivity index (χ1n) is 3.36. The van der Waals surface area contributed by atoms with Crippen LogP contribution in [-0.4, -0.2) is 30.1 Å². The summed E-state index contributed by atoms with van der Waals surface area (Å²) in [6.07, 6.45) is -7.00. The minimum Gasteiger partial charge on any atom is -0.393 e. The average Bonchev–Trinajstić information content (AvgIpc) is 1.86. The highest BCUT2D eigenvalue weighted by Gasteiger charge is 2.43. The first-order valence-corrected chi connectivity index (χ1v) is 3.36. The van der Waals surface area contributed by atoms with E-state index in [1.807, 2.05) is 0 Å². The van der Waals surface area contributed by atoms with E-state index in [0.717, 1.165) is 0 Å². The standard InChI is InChI=1S/C6H9F3O2/c7-6(8,9)5-3-4(10)1-2-11-5/h4-5,10H,1-3H2/t4-,5+/m0/s1. The molecule has 2 nitrogen and oxygen atoms in total. The smallest absolute Gasteiger partial charge is 0.393 e. The molecule has 1 saturated heterocycles. The summed E-state index contributed by atoms with van der Waals surface area (Å²) in [5.74, 6) is 0. The summed E-state index contributed by atoms with van der Waals surface area (Å²) in [5.41, 5.74) is 0. The lowest BCUT2D eigenvalue weighted by Crippen LogP contribution is -2.39. The van der Waals surface area contributed by atoms with Crippen molar-refractivity contribution >= 4 is 0 Å². The third kappa shape index (κ3) is 2.34. The van der Waals surface area contributed by atoms with Crippen LogP contribution in [0.4, 0.5) is 13.2 Å². The molecule has 11 heavy (non-hydrogen) atoms. The molecule has 0 saturated carbocycles. The van der Waals surface area contributed by atoms with Gasteiger partial charge in [0.1, 0.15) is 0 Å². The van der Waals surface area contributed by atoms with Crippen molar-refractivity contribution in [3.63, 3.8) is 0 Å². The lowest BCUT2D eigenvalue weighted by Gasteiger charge is -2.27. The molecule has 1 aliphatic rings. The molecule has 0 aromatic carbocycles. The Labute approximate surface area is 62.0 Å². The zero-order chi connectivity index (χ0) is 8.48. The molecule has 1 heterocycles. The van der Waals surface area contributed by atoms with Crippen LogP contribution in [0.5, 0.6) is 0 Å². The highest BCUT2D eigenvalue weighted by Crippen LogP contribution is 2.29. The number of hydrogen-bond acceptors (Lipinski definition) is 2. The van der Waals surface area contributed by atoms with Crippen molar-refractivity contribution in [2.24, 2.45) is 0 Å². The molecule has 1 fully saturated rings. The third-order valence-corrected chi connectivity index (χ3v) is 1.62. The summed E-state index contributed by atoms with van der Waals surface area (Å²) in [4.78, 5) is 0. The van der Waals surface area contributed by atoms with Crippen LogP contribution in [0, 0.1) is 0 Å². The largest absolute Gasteiger partial charge is 0.414 e. The molecule has 1 aliphatic heterocycles. The quantitative estimate of drug-likeness (QED) is 0.589. The van der Waals surface area contributed by atoms with Crippen LogP contribution in [-0.2, 0) is 4.74 Å². The second-order valence-corrected chi connectivity index (χ2v) is 2.58. The van der Waals surface area contributed by atoms with Gasteiger partial charge in [-0.15, -0.1) is 0 Å². The molecule has 0 amide bonds. The van der Waals surface area contributed by atoms with Crippen molar-refractivity contribution in [2.75, 3.05) is 6.61 Å². The Kier molecular flexibility index (Phi) is 2.39. The fourth-order valence-electron chi connectivity index (χ4n) is 1.01. The lowest BCUT2D eigenvalue weighted by atomic mass is 10.1. The van der Waals surface area contributed by atoms with Gasteiger partial charge in [0.15, 0.2) is 6.10 Å². The van der Waals surface area contributed by atoms with E-state index >= 15 is 0 Å². The molecule has 1 rings (SSSR count). The van der Waals surface area contributed by atoms with E-state index in [4.69, 9.17) is 5.11 Å². The van der Waals surface area contributed by atoms with Gasteiger partial charge in [0.25, 0.3) is 0 Å². The molecule has 0 aliphatic carbocycles. The van der Waals surface area contributed by atoms with Gasteiger partial charge in [0, 0.05) is 13.0 Å². The second kappa shape index (κ2) is 2.98. The first kappa shape index (κ1) is 8.80. The van der Waals surface area contributed by atoms with Gasteiger partial charge in [0.2, 0.25) is 0 Å². The maximum absolute atomic E-state index is 11.9. The Morgan fingerprint density at radius 1 is 1.36 bits per heavy atom. The van der Waals surface area contributed by atoms with Crippen molar-refractivity contribution in [3.8, 4) is 0 Å². The van der Waals surface area contributed by atoms with Crippen molar-refractivity contribution in [1.82, 2.24) is 0 Å². The fourth-order valence-corrected chi connectivity index (χ4v) is 1.01. The van der Waals surface area contributed by atoms with Crippen molar-refractivity contribution in [3.05, 3.63) is 0 Å². The molecule has 66 valence electrons. The van der Waals surface area contributed by atoms with E-state index in [1.165, 1.54) is 0 Å². The number of alkyl halides is 3. The van der Waals surface area contributed by atoms with E-state index in [1.54, 1.807) is 0 Å². The molecule has 0 aromatic rings. The predicted molar refractivity (Wildman–Crippen MR) is 31.0 cm³/mol. The van der Waals surface area contributed by atoms with Crippen LogP contribution in [0.2, 0.25) is 0 Å². The maximum Gasteiger partial charge on any atom is 0.414 e. The maximum atomic E-state index is 11.9. The summed E-state index contributed by atoms with van der Waals surface area (Å²) in [6, 6.07) is 0. The molecule has 5 heteroatoms. The van der Waals surface area contributed by atoms with E-state index in [9.17, 15) is 13.2 Å². The zero-order valence-corrected chi connectivity index (χ0v) is 5.77. The summed E-state index contributed by atoms with van der Waals surface area (Å²) >= 11 is 0. The number of aliphatic hydroxyl groups excluding tert-OH is 1. The normalized spacial score (nSPS) is 33.8. The molecular formula is C6H9F3O2. The van der Waals surface area contributed by atoms with Gasteiger partial charge in [0.05, 0.1) is 6.10 Å². The number of ether oxygens (including phenoxy) is 1.